The zero-order chi connectivity index (χ0) is 5.21. The van der Waals surface area contributed by atoms with Gasteiger partial charge in [-0.1, -0.05) is 0 Å². The molecule has 0 amide bonds. The number of aliphatic hydroxyl groups is 1. The van der Waals surface area contributed by atoms with Gasteiger partial charge in [-0.2, -0.15) is 0 Å². The molecule has 0 unspecified atom stereocenters. The van der Waals surface area contributed by atoms with Crippen LogP contribution in [0.4, 0.5) is 0 Å². The summed E-state index contributed by atoms with van der Waals surface area (Å²) in [7, 11) is 0. The van der Waals surface area contributed by atoms with Crippen LogP contribution in [0.2, 0.25) is 17.3 Å². The van der Waals surface area contributed by atoms with Crippen molar-refractivity contribution in [1.29, 1.82) is 0 Å². The maximum absolute atomic E-state index is 8.49. The molecule has 0 atom stereocenters. The Hall–Kier alpha value is 0.503. The van der Waals surface area contributed by atoms with Gasteiger partial charge >= 0.3 is 41.1 Å². The molecule has 0 aromatic carbocycles. The van der Waals surface area contributed by atoms with E-state index in [2.05, 4.69) is 17.3 Å². The summed E-state index contributed by atoms with van der Waals surface area (Å²) < 4.78 is 0. The second-order valence-electron chi connectivity index (χ2n) is 2.72. The first-order valence-electron chi connectivity index (χ1n) is 2.17. The van der Waals surface area contributed by atoms with Crippen LogP contribution in [0.1, 0.15) is 0 Å². The van der Waals surface area contributed by atoms with E-state index in [4.69, 9.17) is 5.11 Å². The molecule has 2 heteroatoms. The van der Waals surface area contributed by atoms with Crippen molar-refractivity contribution in [3.8, 4) is 0 Å². The Morgan fingerprint density at radius 3 is 1.50 bits per heavy atom. The number of aliphatic hydroxyl groups excluding tert-OH is 1. The van der Waals surface area contributed by atoms with Gasteiger partial charge in [-0.15, -0.1) is 0 Å². The van der Waals surface area contributed by atoms with Crippen molar-refractivity contribution >= 4 is 13.3 Å². The Morgan fingerprint density at radius 1 is 1.33 bits per heavy atom. The van der Waals surface area contributed by atoms with E-state index in [1.54, 1.807) is 0 Å². The summed E-state index contributed by atoms with van der Waals surface area (Å²) >= 11 is -1.49. The van der Waals surface area contributed by atoms with Crippen molar-refractivity contribution in [2.75, 3.05) is 5.44 Å². The summed E-state index contributed by atoms with van der Waals surface area (Å²) in [6.07, 6.45) is 0. The third kappa shape index (κ3) is 4.50. The van der Waals surface area contributed by atoms with Gasteiger partial charge in [-0.3, -0.25) is 0 Å². The van der Waals surface area contributed by atoms with E-state index in [1.807, 2.05) is 0 Å². The fraction of sp³-hybridized carbons (Fsp3) is 1.00. The molecular formula is C4H12GeO. The van der Waals surface area contributed by atoms with E-state index >= 15 is 0 Å². The van der Waals surface area contributed by atoms with Crippen LogP contribution in [0.5, 0.6) is 0 Å². The summed E-state index contributed by atoms with van der Waals surface area (Å²) in [5, 5.41) is 8.49. The van der Waals surface area contributed by atoms with Gasteiger partial charge < -0.3 is 0 Å². The molecule has 1 N–H and O–H groups in total. The van der Waals surface area contributed by atoms with Crippen LogP contribution < -0.4 is 0 Å². The summed E-state index contributed by atoms with van der Waals surface area (Å²) in [6.45, 7) is 0. The molecule has 0 rings (SSSR count). The molecule has 0 spiro atoms. The molecule has 6 heavy (non-hydrogen) atoms. The van der Waals surface area contributed by atoms with E-state index in [0.29, 0.717) is 5.44 Å². The Morgan fingerprint density at radius 2 is 1.50 bits per heavy atom. The van der Waals surface area contributed by atoms with Gasteiger partial charge in [0.25, 0.3) is 0 Å². The second-order valence-corrected chi connectivity index (χ2v) is 14.1. The van der Waals surface area contributed by atoms with Gasteiger partial charge in [-0.25, -0.2) is 0 Å². The SMILES string of the molecule is [CH3][Ge]([CH3])([CH3])[CH2]O. The van der Waals surface area contributed by atoms with Gasteiger partial charge in [-0.05, 0) is 0 Å². The first kappa shape index (κ1) is 6.50. The van der Waals surface area contributed by atoms with Crippen LogP contribution >= 0.6 is 0 Å². The molecule has 0 aliphatic heterocycles. The summed E-state index contributed by atoms with van der Waals surface area (Å²) in [6, 6.07) is 0. The summed E-state index contributed by atoms with van der Waals surface area (Å²) in [5.41, 5.74) is 0.458. The van der Waals surface area contributed by atoms with Crippen molar-refractivity contribution in [2.45, 2.75) is 17.3 Å². The van der Waals surface area contributed by atoms with Crippen LogP contribution in [0.15, 0.2) is 0 Å². The maximum atomic E-state index is 8.49. The van der Waals surface area contributed by atoms with E-state index in [1.165, 1.54) is 0 Å². The molecule has 0 bridgehead atoms. The molecule has 0 saturated heterocycles. The van der Waals surface area contributed by atoms with E-state index in [-0.39, 0.29) is 0 Å². The molecule has 0 aromatic rings. The van der Waals surface area contributed by atoms with Gasteiger partial charge in [0.15, 0.2) is 0 Å². The van der Waals surface area contributed by atoms with Gasteiger partial charge in [0.05, 0.1) is 0 Å². The Balaban J connectivity index is 3.17. The third-order valence-corrected chi connectivity index (χ3v) is 2.46. The monoisotopic (exact) mass is 150 g/mol. The average molecular weight is 149 g/mol. The van der Waals surface area contributed by atoms with Crippen molar-refractivity contribution in [3.05, 3.63) is 0 Å². The van der Waals surface area contributed by atoms with Crippen LogP contribution in [-0.2, 0) is 0 Å². The van der Waals surface area contributed by atoms with Crippen LogP contribution in [0.3, 0.4) is 0 Å². The molecule has 0 radical (unpaired) electrons. The van der Waals surface area contributed by atoms with Crippen molar-refractivity contribution in [1.82, 2.24) is 0 Å². The first-order chi connectivity index (χ1) is 2.56. The number of hydrogen-bond donors (Lipinski definition) is 1. The van der Waals surface area contributed by atoms with E-state index in [9.17, 15) is 0 Å². The molecule has 0 fully saturated rings. The standard InChI is InChI=1S/C4H12GeO/c1-5(2,3)4-6/h6H,4H2,1-3H3. The third-order valence-electron chi connectivity index (χ3n) is 0.474. The average Bonchev–Trinajstić information content (AvgIpc) is 1.35. The normalized spacial score (nSPS) is 12.0. The predicted molar refractivity (Wildman–Crippen MR) is 30.4 cm³/mol. The Bertz CT molecular complexity index is 37.3. The fourth-order valence-electron chi connectivity index (χ4n) is 0. The molecule has 0 aliphatic rings. The molecule has 0 saturated carbocycles. The molecule has 38 valence electrons. The van der Waals surface area contributed by atoms with E-state index < -0.39 is 13.3 Å². The zero-order valence-electron chi connectivity index (χ0n) is 4.65. The quantitative estimate of drug-likeness (QED) is 0.547. The minimum atomic E-state index is -1.49. The van der Waals surface area contributed by atoms with Gasteiger partial charge in [0.2, 0.25) is 0 Å². The number of rotatable bonds is 1. The predicted octanol–water partition coefficient (Wildman–Crippen LogP) is 0.856. The molecular weight excluding hydrogens is 137 g/mol. The summed E-state index contributed by atoms with van der Waals surface area (Å²) in [4.78, 5) is 0. The Kier molecular flexibility index (Phi) is 2.15. The van der Waals surface area contributed by atoms with E-state index in [0.717, 1.165) is 0 Å². The van der Waals surface area contributed by atoms with Crippen molar-refractivity contribution in [2.24, 2.45) is 0 Å². The topological polar surface area (TPSA) is 20.2 Å². The van der Waals surface area contributed by atoms with Crippen molar-refractivity contribution in [3.63, 3.8) is 0 Å². The summed E-state index contributed by atoms with van der Waals surface area (Å²) in [5.74, 6) is 6.54. The minimum absolute atomic E-state index is 0.458. The van der Waals surface area contributed by atoms with Gasteiger partial charge in [0.1, 0.15) is 0 Å². The Labute approximate surface area is 41.7 Å². The van der Waals surface area contributed by atoms with Crippen molar-refractivity contribution < 1.29 is 5.11 Å². The zero-order valence-corrected chi connectivity index (χ0v) is 6.75. The first-order valence-corrected chi connectivity index (χ1v) is 9.95. The molecule has 0 heterocycles. The number of hydrogen-bond acceptors (Lipinski definition) is 1. The van der Waals surface area contributed by atoms with Gasteiger partial charge in [0, 0.05) is 0 Å². The second kappa shape index (κ2) is 1.98. The molecule has 1 nitrogen and oxygen atoms in total. The van der Waals surface area contributed by atoms with Crippen LogP contribution in [-0.4, -0.2) is 23.8 Å². The fourth-order valence-corrected chi connectivity index (χ4v) is 0. The van der Waals surface area contributed by atoms with Crippen LogP contribution in [0, 0.1) is 0 Å². The molecule has 0 aromatic heterocycles. The molecule has 0 aliphatic carbocycles. The van der Waals surface area contributed by atoms with Crippen LogP contribution in [0.25, 0.3) is 0 Å².